The smallest absolute Gasteiger partial charge is 0.339 e. The van der Waals surface area contributed by atoms with E-state index in [0.29, 0.717) is 17.2 Å². The molecule has 26 heavy (non-hydrogen) atoms. The van der Waals surface area contributed by atoms with Crippen LogP contribution < -0.4 is 4.90 Å². The van der Waals surface area contributed by atoms with Crippen molar-refractivity contribution in [2.75, 3.05) is 23.8 Å². The Morgan fingerprint density at radius 1 is 1.12 bits per heavy atom. The number of esters is 1. The molecule has 0 fully saturated rings. The van der Waals surface area contributed by atoms with Crippen molar-refractivity contribution < 1.29 is 18.5 Å². The normalized spacial score (nSPS) is 14.4. The van der Waals surface area contributed by atoms with E-state index in [1.807, 2.05) is 24.3 Å². The van der Waals surface area contributed by atoms with Crippen LogP contribution in [0.25, 0.3) is 0 Å². The lowest BCUT2D eigenvalue weighted by Crippen LogP contribution is -2.38. The second kappa shape index (κ2) is 8.27. The van der Waals surface area contributed by atoms with Crippen molar-refractivity contribution in [2.24, 2.45) is 0 Å². The van der Waals surface area contributed by atoms with Gasteiger partial charge in [0.25, 0.3) is 5.91 Å². The van der Waals surface area contributed by atoms with Crippen LogP contribution in [0.4, 0.5) is 5.69 Å². The molecular formula is C20H21NO4S. The SMILES string of the molecule is CC[S@@](=O)c1ccccc1C(=O)OCC(=O)N1CCCc2ccccc21. The number of ether oxygens (including phenoxy) is 1. The summed E-state index contributed by atoms with van der Waals surface area (Å²) in [5.74, 6) is -0.464. The molecule has 0 saturated heterocycles. The highest BCUT2D eigenvalue weighted by Gasteiger charge is 2.24. The Morgan fingerprint density at radius 2 is 1.85 bits per heavy atom. The maximum Gasteiger partial charge on any atom is 0.339 e. The molecule has 0 unspecified atom stereocenters. The van der Waals surface area contributed by atoms with E-state index in [9.17, 15) is 13.8 Å². The zero-order chi connectivity index (χ0) is 18.5. The number of nitrogens with zero attached hydrogens (tertiary/aromatic N) is 1. The molecule has 136 valence electrons. The second-order valence-corrected chi connectivity index (χ2v) is 7.69. The van der Waals surface area contributed by atoms with Gasteiger partial charge < -0.3 is 9.64 Å². The number of hydrogen-bond acceptors (Lipinski definition) is 4. The van der Waals surface area contributed by atoms with E-state index in [4.69, 9.17) is 4.74 Å². The van der Waals surface area contributed by atoms with Gasteiger partial charge in [-0.15, -0.1) is 0 Å². The number of carbonyl (C=O) groups is 2. The third-order valence-electron chi connectivity index (χ3n) is 4.35. The zero-order valence-electron chi connectivity index (χ0n) is 14.6. The molecule has 3 rings (SSSR count). The first-order chi connectivity index (χ1) is 12.6. The summed E-state index contributed by atoms with van der Waals surface area (Å²) < 4.78 is 17.3. The maximum atomic E-state index is 12.6. The van der Waals surface area contributed by atoms with Crippen LogP contribution in [0.15, 0.2) is 53.4 Å². The molecule has 2 aromatic rings. The third kappa shape index (κ3) is 3.85. The van der Waals surface area contributed by atoms with Crippen LogP contribution in [-0.2, 0) is 26.8 Å². The topological polar surface area (TPSA) is 63.7 Å². The quantitative estimate of drug-likeness (QED) is 0.758. The number of amides is 1. The van der Waals surface area contributed by atoms with Crippen LogP contribution in [0.3, 0.4) is 0 Å². The average Bonchev–Trinajstić information content (AvgIpc) is 2.70. The zero-order valence-corrected chi connectivity index (χ0v) is 15.5. The summed E-state index contributed by atoms with van der Waals surface area (Å²) in [5.41, 5.74) is 2.26. The summed E-state index contributed by atoms with van der Waals surface area (Å²) in [7, 11) is -1.27. The second-order valence-electron chi connectivity index (χ2n) is 5.98. The highest BCUT2D eigenvalue weighted by molar-refractivity contribution is 7.85. The van der Waals surface area contributed by atoms with Gasteiger partial charge in [0.2, 0.25) is 0 Å². The van der Waals surface area contributed by atoms with Gasteiger partial charge in [0.15, 0.2) is 6.61 Å². The summed E-state index contributed by atoms with van der Waals surface area (Å²) in [6.07, 6.45) is 1.82. The van der Waals surface area contributed by atoms with E-state index < -0.39 is 16.8 Å². The Kier molecular flexibility index (Phi) is 5.83. The number of anilines is 1. The van der Waals surface area contributed by atoms with Gasteiger partial charge in [-0.2, -0.15) is 0 Å². The molecule has 6 heteroatoms. The van der Waals surface area contributed by atoms with Crippen molar-refractivity contribution >= 4 is 28.4 Å². The van der Waals surface area contributed by atoms with Gasteiger partial charge in [-0.25, -0.2) is 4.79 Å². The Labute approximate surface area is 155 Å². The Balaban J connectivity index is 1.70. The summed E-state index contributed by atoms with van der Waals surface area (Å²) in [6.45, 7) is 2.07. The highest BCUT2D eigenvalue weighted by Crippen LogP contribution is 2.26. The summed E-state index contributed by atoms with van der Waals surface area (Å²) in [4.78, 5) is 27.1. The lowest BCUT2D eigenvalue weighted by molar-refractivity contribution is -0.121. The van der Waals surface area contributed by atoms with Crippen LogP contribution in [0, 0.1) is 0 Å². The fourth-order valence-corrected chi connectivity index (χ4v) is 4.00. The van der Waals surface area contributed by atoms with Crippen LogP contribution in [0.5, 0.6) is 0 Å². The first-order valence-electron chi connectivity index (χ1n) is 8.64. The van der Waals surface area contributed by atoms with Gasteiger partial charge in [-0.05, 0) is 36.6 Å². The molecule has 0 aromatic heterocycles. The molecule has 2 aromatic carbocycles. The summed E-state index contributed by atoms with van der Waals surface area (Å²) >= 11 is 0. The molecule has 0 spiro atoms. The van der Waals surface area contributed by atoms with Crippen LogP contribution in [0.2, 0.25) is 0 Å². The van der Waals surface area contributed by atoms with Gasteiger partial charge in [0.05, 0.1) is 21.3 Å². The number of carbonyl (C=O) groups excluding carboxylic acids is 2. The van der Waals surface area contributed by atoms with Crippen molar-refractivity contribution in [3.63, 3.8) is 0 Å². The van der Waals surface area contributed by atoms with E-state index in [1.54, 1.807) is 36.1 Å². The number of hydrogen-bond donors (Lipinski definition) is 0. The fraction of sp³-hybridized carbons (Fsp3) is 0.300. The monoisotopic (exact) mass is 371 g/mol. The molecule has 1 heterocycles. The van der Waals surface area contributed by atoms with Gasteiger partial charge in [-0.3, -0.25) is 9.00 Å². The van der Waals surface area contributed by atoms with E-state index in [-0.39, 0.29) is 18.1 Å². The van der Waals surface area contributed by atoms with Crippen molar-refractivity contribution in [1.29, 1.82) is 0 Å². The first-order valence-corrected chi connectivity index (χ1v) is 9.96. The molecule has 1 atom stereocenters. The molecule has 0 radical (unpaired) electrons. The number of benzene rings is 2. The predicted octanol–water partition coefficient (Wildman–Crippen LogP) is 2.95. The first kappa shape index (κ1) is 18.3. The highest BCUT2D eigenvalue weighted by atomic mass is 32.2. The van der Waals surface area contributed by atoms with Crippen molar-refractivity contribution in [3.8, 4) is 0 Å². The Hall–Kier alpha value is -2.47. The minimum Gasteiger partial charge on any atom is -0.452 e. The Bertz CT molecular complexity index is 849. The summed E-state index contributed by atoms with van der Waals surface area (Å²) in [6, 6.07) is 14.4. The predicted molar refractivity (Wildman–Crippen MR) is 101 cm³/mol. The number of fused-ring (bicyclic) bond motifs is 1. The van der Waals surface area contributed by atoms with Gasteiger partial charge in [0.1, 0.15) is 0 Å². The largest absolute Gasteiger partial charge is 0.452 e. The van der Waals surface area contributed by atoms with E-state index in [1.165, 1.54) is 0 Å². The molecular weight excluding hydrogens is 350 g/mol. The van der Waals surface area contributed by atoms with Crippen molar-refractivity contribution in [2.45, 2.75) is 24.7 Å². The van der Waals surface area contributed by atoms with Crippen LogP contribution in [-0.4, -0.2) is 35.0 Å². The minimum atomic E-state index is -1.27. The fourth-order valence-electron chi connectivity index (χ4n) is 3.06. The van der Waals surface area contributed by atoms with E-state index in [0.717, 1.165) is 24.1 Å². The molecule has 0 N–H and O–H groups in total. The molecule has 5 nitrogen and oxygen atoms in total. The molecule has 1 aliphatic rings. The minimum absolute atomic E-state index is 0.250. The van der Waals surface area contributed by atoms with Gasteiger partial charge in [0, 0.05) is 18.0 Å². The summed E-state index contributed by atoms with van der Waals surface area (Å²) in [5, 5.41) is 0. The van der Waals surface area contributed by atoms with Crippen molar-refractivity contribution in [3.05, 3.63) is 59.7 Å². The lowest BCUT2D eigenvalue weighted by atomic mass is 10.0. The third-order valence-corrected chi connectivity index (χ3v) is 5.72. The maximum absolute atomic E-state index is 12.6. The molecule has 1 aliphatic heterocycles. The van der Waals surface area contributed by atoms with Gasteiger partial charge in [-0.1, -0.05) is 37.3 Å². The Morgan fingerprint density at radius 3 is 2.65 bits per heavy atom. The average molecular weight is 371 g/mol. The molecule has 0 aliphatic carbocycles. The number of para-hydroxylation sites is 1. The van der Waals surface area contributed by atoms with Crippen LogP contribution >= 0.6 is 0 Å². The molecule has 1 amide bonds. The van der Waals surface area contributed by atoms with Gasteiger partial charge >= 0.3 is 5.97 Å². The number of aryl methyl sites for hydroxylation is 1. The lowest BCUT2D eigenvalue weighted by Gasteiger charge is -2.29. The standard InChI is InChI=1S/C20H21NO4S/c1-2-26(24)18-12-6-4-10-16(18)20(23)25-14-19(22)21-13-7-9-15-8-3-5-11-17(15)21/h3-6,8,10-12H,2,7,9,13-14H2,1H3/t26-/m1/s1. The van der Waals surface area contributed by atoms with E-state index in [2.05, 4.69) is 0 Å². The van der Waals surface area contributed by atoms with Crippen LogP contribution in [0.1, 0.15) is 29.3 Å². The van der Waals surface area contributed by atoms with Crippen molar-refractivity contribution in [1.82, 2.24) is 0 Å². The molecule has 0 bridgehead atoms. The molecule has 0 saturated carbocycles. The van der Waals surface area contributed by atoms with E-state index >= 15 is 0 Å². The number of rotatable bonds is 5.